The predicted molar refractivity (Wildman–Crippen MR) is 116 cm³/mol. The number of hydrogen-bond donors (Lipinski definition) is 0. The number of ether oxygens (including phenoxy) is 2. The Labute approximate surface area is 169 Å². The molecule has 0 saturated carbocycles. The van der Waals surface area contributed by atoms with E-state index in [1.807, 2.05) is 89.6 Å². The van der Waals surface area contributed by atoms with E-state index < -0.39 is 0 Å². The molecule has 144 valence electrons. The number of nitrogens with zero attached hydrogens (tertiary/aromatic N) is 3. The molecule has 0 amide bonds. The molecular weight excluding hydrogens is 362 g/mol. The van der Waals surface area contributed by atoms with Gasteiger partial charge >= 0.3 is 0 Å². The van der Waals surface area contributed by atoms with Crippen molar-refractivity contribution >= 4 is 12.0 Å². The van der Waals surface area contributed by atoms with Crippen LogP contribution in [0.25, 0.3) is 16.9 Å². The maximum absolute atomic E-state index is 5.45. The van der Waals surface area contributed by atoms with Gasteiger partial charge in [0, 0.05) is 23.4 Å². The Balaban J connectivity index is 1.79. The number of rotatable bonds is 6. The molecule has 0 fully saturated rings. The van der Waals surface area contributed by atoms with Gasteiger partial charge in [-0.05, 0) is 30.3 Å². The molecule has 0 aliphatic carbocycles. The van der Waals surface area contributed by atoms with E-state index in [9.17, 15) is 0 Å². The Hall–Kier alpha value is -3.86. The standard InChI is InChI=1S/C24H21N3O2/c1-28-21-13-14-23(29-2)19(15-21)17-25-24-16-22(18-9-5-3-6-10-18)26-27(24)20-11-7-4-8-12-20/h3-17H,1-2H3. The highest BCUT2D eigenvalue weighted by Gasteiger charge is 2.11. The van der Waals surface area contributed by atoms with E-state index in [0.717, 1.165) is 39.8 Å². The second kappa shape index (κ2) is 8.44. The molecule has 0 saturated heterocycles. The molecule has 1 heterocycles. The van der Waals surface area contributed by atoms with Crippen molar-refractivity contribution in [3.63, 3.8) is 0 Å². The first-order valence-electron chi connectivity index (χ1n) is 9.25. The van der Waals surface area contributed by atoms with Crippen molar-refractivity contribution in [2.75, 3.05) is 14.2 Å². The van der Waals surface area contributed by atoms with Crippen molar-refractivity contribution < 1.29 is 9.47 Å². The lowest BCUT2D eigenvalue weighted by Crippen LogP contribution is -1.96. The van der Waals surface area contributed by atoms with Gasteiger partial charge in [0.05, 0.1) is 25.6 Å². The summed E-state index contributed by atoms with van der Waals surface area (Å²) in [5.41, 5.74) is 3.67. The fourth-order valence-corrected chi connectivity index (χ4v) is 3.05. The average molecular weight is 383 g/mol. The molecule has 29 heavy (non-hydrogen) atoms. The van der Waals surface area contributed by atoms with Crippen LogP contribution in [0.1, 0.15) is 5.56 Å². The molecule has 0 bridgehead atoms. The molecule has 0 atom stereocenters. The number of para-hydroxylation sites is 1. The topological polar surface area (TPSA) is 48.6 Å². The van der Waals surface area contributed by atoms with Crippen molar-refractivity contribution in [3.05, 3.63) is 90.5 Å². The molecule has 5 nitrogen and oxygen atoms in total. The van der Waals surface area contributed by atoms with Crippen LogP contribution in [0.5, 0.6) is 11.5 Å². The molecular formula is C24H21N3O2. The third-order valence-electron chi connectivity index (χ3n) is 4.53. The van der Waals surface area contributed by atoms with E-state index in [0.29, 0.717) is 0 Å². The summed E-state index contributed by atoms with van der Waals surface area (Å²) < 4.78 is 12.6. The van der Waals surface area contributed by atoms with Crippen LogP contribution in [0.15, 0.2) is 89.9 Å². The number of aromatic nitrogens is 2. The molecule has 0 spiro atoms. The van der Waals surface area contributed by atoms with Gasteiger partial charge in [0.2, 0.25) is 0 Å². The molecule has 0 radical (unpaired) electrons. The first-order chi connectivity index (χ1) is 14.3. The summed E-state index contributed by atoms with van der Waals surface area (Å²) in [7, 11) is 3.28. The quantitative estimate of drug-likeness (QED) is 0.424. The lowest BCUT2D eigenvalue weighted by Gasteiger charge is -2.07. The Kier molecular flexibility index (Phi) is 5.38. The zero-order valence-electron chi connectivity index (χ0n) is 16.3. The Bertz CT molecular complexity index is 1120. The third-order valence-corrected chi connectivity index (χ3v) is 4.53. The number of aliphatic imine (C=N–C) groups is 1. The first kappa shape index (κ1) is 18.5. The van der Waals surface area contributed by atoms with Gasteiger partial charge in [-0.3, -0.25) is 0 Å². The Morgan fingerprint density at radius 3 is 2.24 bits per heavy atom. The van der Waals surface area contributed by atoms with Gasteiger partial charge in [-0.1, -0.05) is 48.5 Å². The van der Waals surface area contributed by atoms with Crippen LogP contribution in [0, 0.1) is 0 Å². The molecule has 3 aromatic carbocycles. The minimum atomic E-state index is 0.722. The van der Waals surface area contributed by atoms with Crippen molar-refractivity contribution in [2.24, 2.45) is 4.99 Å². The maximum atomic E-state index is 5.45. The first-order valence-corrected chi connectivity index (χ1v) is 9.25. The van der Waals surface area contributed by atoms with E-state index in [1.54, 1.807) is 20.4 Å². The van der Waals surface area contributed by atoms with E-state index in [2.05, 4.69) is 0 Å². The lowest BCUT2D eigenvalue weighted by atomic mass is 10.1. The SMILES string of the molecule is COc1ccc(OC)c(C=Nc2cc(-c3ccccc3)nn2-c2ccccc2)c1. The summed E-state index contributed by atoms with van der Waals surface area (Å²) in [6.07, 6.45) is 1.77. The molecule has 0 aliphatic heterocycles. The van der Waals surface area contributed by atoms with Crippen LogP contribution in [-0.2, 0) is 0 Å². The lowest BCUT2D eigenvalue weighted by molar-refractivity contribution is 0.402. The maximum Gasteiger partial charge on any atom is 0.156 e. The normalized spacial score (nSPS) is 11.0. The fourth-order valence-electron chi connectivity index (χ4n) is 3.05. The summed E-state index contributed by atoms with van der Waals surface area (Å²) in [6, 6.07) is 27.6. The number of hydrogen-bond acceptors (Lipinski definition) is 4. The Morgan fingerprint density at radius 2 is 1.55 bits per heavy atom. The van der Waals surface area contributed by atoms with Crippen LogP contribution in [0.4, 0.5) is 5.82 Å². The summed E-state index contributed by atoms with van der Waals surface area (Å²) >= 11 is 0. The molecule has 0 N–H and O–H groups in total. The zero-order chi connectivity index (χ0) is 20.1. The summed E-state index contributed by atoms with van der Waals surface area (Å²) in [5.74, 6) is 2.19. The molecule has 4 aromatic rings. The largest absolute Gasteiger partial charge is 0.497 e. The molecule has 4 rings (SSSR count). The average Bonchev–Trinajstić information content (AvgIpc) is 3.23. The summed E-state index contributed by atoms with van der Waals surface area (Å²) in [5, 5.41) is 4.79. The number of benzene rings is 3. The molecule has 5 heteroatoms. The highest BCUT2D eigenvalue weighted by molar-refractivity contribution is 5.86. The van der Waals surface area contributed by atoms with E-state index >= 15 is 0 Å². The van der Waals surface area contributed by atoms with Crippen molar-refractivity contribution in [2.45, 2.75) is 0 Å². The number of methoxy groups -OCH3 is 2. The third kappa shape index (κ3) is 4.04. The van der Waals surface area contributed by atoms with Gasteiger partial charge in [0.1, 0.15) is 11.5 Å². The van der Waals surface area contributed by atoms with E-state index in [-0.39, 0.29) is 0 Å². The molecule has 0 unspecified atom stereocenters. The van der Waals surface area contributed by atoms with Gasteiger partial charge in [-0.15, -0.1) is 0 Å². The van der Waals surface area contributed by atoms with Crippen LogP contribution in [0.3, 0.4) is 0 Å². The summed E-state index contributed by atoms with van der Waals surface area (Å²) in [4.78, 5) is 4.72. The van der Waals surface area contributed by atoms with Gasteiger partial charge in [-0.2, -0.15) is 5.10 Å². The van der Waals surface area contributed by atoms with Crippen molar-refractivity contribution in [1.82, 2.24) is 9.78 Å². The molecule has 0 aliphatic rings. The van der Waals surface area contributed by atoms with Crippen LogP contribution < -0.4 is 9.47 Å². The minimum absolute atomic E-state index is 0.722. The van der Waals surface area contributed by atoms with Gasteiger partial charge < -0.3 is 9.47 Å². The Morgan fingerprint density at radius 1 is 0.828 bits per heavy atom. The van der Waals surface area contributed by atoms with Crippen molar-refractivity contribution in [1.29, 1.82) is 0 Å². The summed E-state index contributed by atoms with van der Waals surface area (Å²) in [6.45, 7) is 0. The zero-order valence-corrected chi connectivity index (χ0v) is 16.3. The van der Waals surface area contributed by atoms with E-state index in [1.165, 1.54) is 0 Å². The van der Waals surface area contributed by atoms with Crippen LogP contribution in [0.2, 0.25) is 0 Å². The van der Waals surface area contributed by atoms with Crippen LogP contribution >= 0.6 is 0 Å². The highest BCUT2D eigenvalue weighted by atomic mass is 16.5. The molecule has 1 aromatic heterocycles. The monoisotopic (exact) mass is 383 g/mol. The highest BCUT2D eigenvalue weighted by Crippen LogP contribution is 2.28. The second-order valence-electron chi connectivity index (χ2n) is 6.37. The second-order valence-corrected chi connectivity index (χ2v) is 6.37. The minimum Gasteiger partial charge on any atom is -0.497 e. The van der Waals surface area contributed by atoms with Crippen molar-refractivity contribution in [3.8, 4) is 28.4 Å². The van der Waals surface area contributed by atoms with Gasteiger partial charge in [0.15, 0.2) is 5.82 Å². The van der Waals surface area contributed by atoms with Gasteiger partial charge in [-0.25, -0.2) is 9.67 Å². The van der Waals surface area contributed by atoms with Crippen LogP contribution in [-0.4, -0.2) is 30.2 Å². The smallest absolute Gasteiger partial charge is 0.156 e. The fraction of sp³-hybridized carbons (Fsp3) is 0.0833. The predicted octanol–water partition coefficient (Wildman–Crippen LogP) is 5.31. The van der Waals surface area contributed by atoms with E-state index in [4.69, 9.17) is 19.6 Å². The van der Waals surface area contributed by atoms with Gasteiger partial charge in [0.25, 0.3) is 0 Å².